The van der Waals surface area contributed by atoms with Crippen LogP contribution in [0.3, 0.4) is 0 Å². The molecule has 0 amide bonds. The van der Waals surface area contributed by atoms with Crippen LogP contribution in [0, 0.1) is 0 Å². The lowest BCUT2D eigenvalue weighted by Crippen LogP contribution is -2.51. The highest BCUT2D eigenvalue weighted by molar-refractivity contribution is 6.82. The summed E-state index contributed by atoms with van der Waals surface area (Å²) >= 11 is 0. The van der Waals surface area contributed by atoms with Crippen LogP contribution in [0.5, 0.6) is 0 Å². The number of ether oxygens (including phenoxy) is 1. The van der Waals surface area contributed by atoms with E-state index in [9.17, 15) is 0 Å². The molecule has 2 rings (SSSR count). The number of aromatic nitrogens is 2. The van der Waals surface area contributed by atoms with Crippen LogP contribution in [-0.4, -0.2) is 24.5 Å². The largest absolute Gasteiger partial charge is 0.380 e. The molecule has 2 heterocycles. The van der Waals surface area contributed by atoms with Crippen LogP contribution in [0.1, 0.15) is 54.0 Å². The molecule has 0 spiro atoms. The minimum Gasteiger partial charge on any atom is -0.380 e. The molecule has 0 aliphatic rings. The van der Waals surface area contributed by atoms with Crippen molar-refractivity contribution < 1.29 is 11.6 Å². The van der Waals surface area contributed by atoms with E-state index in [0.717, 1.165) is 11.0 Å². The fourth-order valence-corrected chi connectivity index (χ4v) is 10.8. The van der Waals surface area contributed by atoms with Gasteiger partial charge in [0.2, 0.25) is 0 Å². The molecule has 0 unspecified atom stereocenters. The zero-order chi connectivity index (χ0) is 20.8. The van der Waals surface area contributed by atoms with Gasteiger partial charge in [-0.2, -0.15) is 0 Å². The molecule has 22 heavy (non-hydrogen) atoms. The minimum atomic E-state index is -2.82. The maximum absolute atomic E-state index is 7.98. The summed E-state index contributed by atoms with van der Waals surface area (Å²) in [4.78, 5) is 4.54. The zero-order valence-electron chi connectivity index (χ0n) is 19.3. The standard InChI is InChI=1S/C18H30N2OSi/c1-13(2)22(14(3)4,15(5)6)20-9-8-17-10-16(12-21-7)11-19-18(17)20/h8-11,13-15H,12H2,1-7H3/i7D3,12D2. The average molecular weight is 324 g/mol. The molecular formula is C18H30N2OSi. The lowest BCUT2D eigenvalue weighted by molar-refractivity contribution is 0.184. The van der Waals surface area contributed by atoms with Crippen LogP contribution in [0.2, 0.25) is 16.6 Å². The second-order valence-corrected chi connectivity index (χ2v) is 12.6. The van der Waals surface area contributed by atoms with Crippen molar-refractivity contribution in [2.45, 2.75) is 64.7 Å². The van der Waals surface area contributed by atoms with E-state index in [2.05, 4.69) is 61.7 Å². The fourth-order valence-electron chi connectivity index (χ4n) is 4.29. The first kappa shape index (κ1) is 11.4. The Bertz CT molecular complexity index is 777. The van der Waals surface area contributed by atoms with Gasteiger partial charge in [-0.1, -0.05) is 41.5 Å². The second kappa shape index (κ2) is 6.55. The van der Waals surface area contributed by atoms with Crippen molar-refractivity contribution in [3.63, 3.8) is 0 Å². The monoisotopic (exact) mass is 323 g/mol. The Kier molecular flexibility index (Phi) is 3.40. The summed E-state index contributed by atoms with van der Waals surface area (Å²) in [6, 6.07) is 3.58. The van der Waals surface area contributed by atoms with E-state index in [0.29, 0.717) is 16.6 Å². The van der Waals surface area contributed by atoms with Gasteiger partial charge < -0.3 is 8.97 Å². The summed E-state index contributed by atoms with van der Waals surface area (Å²) in [5.74, 6) is 0. The van der Waals surface area contributed by atoms with Crippen LogP contribution in [0.25, 0.3) is 11.0 Å². The molecule has 0 radical (unpaired) electrons. The van der Waals surface area contributed by atoms with Gasteiger partial charge in [-0.3, -0.25) is 0 Å². The molecule has 122 valence electrons. The molecule has 0 saturated carbocycles. The van der Waals surface area contributed by atoms with E-state index in [4.69, 9.17) is 6.85 Å². The summed E-state index contributed by atoms with van der Waals surface area (Å²) in [5.41, 5.74) is 2.43. The number of hydrogen-bond donors (Lipinski definition) is 0. The van der Waals surface area contributed by atoms with E-state index >= 15 is 0 Å². The number of hydrogen-bond acceptors (Lipinski definition) is 2. The number of fused-ring (bicyclic) bond motifs is 1. The number of nitrogens with zero attached hydrogens (tertiary/aromatic N) is 2. The predicted molar refractivity (Wildman–Crippen MR) is 96.9 cm³/mol. The smallest absolute Gasteiger partial charge is 0.171 e. The summed E-state index contributed by atoms with van der Waals surface area (Å²) in [6.07, 6.45) is 3.46. The summed E-state index contributed by atoms with van der Waals surface area (Å²) in [5, 5.41) is 0.796. The summed E-state index contributed by atoms with van der Waals surface area (Å²) in [7, 11) is -4.80. The number of pyridine rings is 1. The lowest BCUT2D eigenvalue weighted by atomic mass is 10.2. The third-order valence-corrected chi connectivity index (χ3v) is 11.6. The van der Waals surface area contributed by atoms with Crippen molar-refractivity contribution in [2.75, 3.05) is 7.04 Å². The molecule has 3 nitrogen and oxygen atoms in total. The summed E-state index contributed by atoms with van der Waals surface area (Å²) < 4.78 is 44.5. The minimum absolute atomic E-state index is 0.106. The molecule has 2 aromatic rings. The molecule has 0 bridgehead atoms. The second-order valence-electron chi connectivity index (χ2n) is 6.88. The van der Waals surface area contributed by atoms with Gasteiger partial charge in [-0.25, -0.2) is 4.98 Å². The average Bonchev–Trinajstić information content (AvgIpc) is 2.88. The highest BCUT2D eigenvalue weighted by Gasteiger charge is 2.45. The fraction of sp³-hybridized carbons (Fsp3) is 0.611. The molecule has 0 aliphatic carbocycles. The Morgan fingerprint density at radius 3 is 2.41 bits per heavy atom. The van der Waals surface area contributed by atoms with E-state index in [-0.39, 0.29) is 5.56 Å². The molecule has 0 atom stereocenters. The van der Waals surface area contributed by atoms with Crippen molar-refractivity contribution in [1.29, 1.82) is 0 Å². The normalized spacial score (nSPS) is 17.6. The van der Waals surface area contributed by atoms with E-state index in [1.807, 2.05) is 6.07 Å². The van der Waals surface area contributed by atoms with E-state index < -0.39 is 21.8 Å². The quantitative estimate of drug-likeness (QED) is 0.683. The van der Waals surface area contributed by atoms with Crippen LogP contribution >= 0.6 is 0 Å². The predicted octanol–water partition coefficient (Wildman–Crippen LogP) is 5.21. The first-order chi connectivity index (χ1) is 12.2. The maximum atomic E-state index is 7.98. The SMILES string of the molecule is [2H]C([2H])([2H])OC([2H])([2H])c1cnc2c(ccn2[Si](C(C)C)(C(C)C)C(C)C)c1. The Morgan fingerprint density at radius 2 is 1.86 bits per heavy atom. The first-order valence-corrected chi connectivity index (χ1v) is 10.1. The van der Waals surface area contributed by atoms with E-state index in [1.165, 1.54) is 6.20 Å². The van der Waals surface area contributed by atoms with Crippen molar-refractivity contribution >= 4 is 19.3 Å². The highest BCUT2D eigenvalue weighted by Crippen LogP contribution is 2.43. The summed E-state index contributed by atoms with van der Waals surface area (Å²) in [6.45, 7) is 11.2. The van der Waals surface area contributed by atoms with Crippen molar-refractivity contribution in [3.05, 3.63) is 30.1 Å². The molecule has 0 saturated heterocycles. The molecule has 4 heteroatoms. The third-order valence-electron chi connectivity index (χ3n) is 4.89. The molecular weight excluding hydrogens is 288 g/mol. The van der Waals surface area contributed by atoms with Crippen molar-refractivity contribution in [1.82, 2.24) is 9.22 Å². The molecule has 2 aromatic heterocycles. The van der Waals surface area contributed by atoms with Gasteiger partial charge in [0.1, 0.15) is 5.65 Å². The van der Waals surface area contributed by atoms with Crippen LogP contribution in [0.4, 0.5) is 0 Å². The Balaban J connectivity index is 2.61. The van der Waals surface area contributed by atoms with Gasteiger partial charge in [0, 0.05) is 18.6 Å². The van der Waals surface area contributed by atoms with Crippen LogP contribution in [0.15, 0.2) is 24.5 Å². The van der Waals surface area contributed by atoms with Gasteiger partial charge >= 0.3 is 0 Å². The topological polar surface area (TPSA) is 27.1 Å². The van der Waals surface area contributed by atoms with Gasteiger partial charge in [0.25, 0.3) is 0 Å². The Hall–Kier alpha value is -1.13. The maximum Gasteiger partial charge on any atom is 0.171 e. The first-order valence-electron chi connectivity index (χ1n) is 10.4. The van der Waals surface area contributed by atoms with Crippen molar-refractivity contribution in [3.8, 4) is 0 Å². The highest BCUT2D eigenvalue weighted by atomic mass is 28.3. The molecule has 0 fully saturated rings. The zero-order valence-corrected chi connectivity index (χ0v) is 15.3. The van der Waals surface area contributed by atoms with Crippen LogP contribution < -0.4 is 0 Å². The van der Waals surface area contributed by atoms with Gasteiger partial charge in [-0.15, -0.1) is 0 Å². The molecule has 0 aliphatic heterocycles. The molecule has 0 aromatic carbocycles. The number of methoxy groups -OCH3 is 1. The molecule has 0 N–H and O–H groups in total. The van der Waals surface area contributed by atoms with E-state index in [1.54, 1.807) is 6.07 Å². The van der Waals surface area contributed by atoms with Gasteiger partial charge in [0.15, 0.2) is 8.24 Å². The Morgan fingerprint density at radius 1 is 1.23 bits per heavy atom. The third kappa shape index (κ3) is 2.63. The number of rotatable bonds is 6. The van der Waals surface area contributed by atoms with Crippen molar-refractivity contribution in [2.24, 2.45) is 0 Å². The van der Waals surface area contributed by atoms with Gasteiger partial charge in [0.05, 0.1) is 13.4 Å². The van der Waals surface area contributed by atoms with Gasteiger partial charge in [-0.05, 0) is 40.5 Å². The Labute approximate surface area is 142 Å². The van der Waals surface area contributed by atoms with Crippen LogP contribution in [-0.2, 0) is 11.3 Å². The lowest BCUT2D eigenvalue weighted by Gasteiger charge is -2.44.